The summed E-state index contributed by atoms with van der Waals surface area (Å²) < 4.78 is 44.3. The SMILES string of the molecule is CC(C)(C1CCN(C(=O)COC(=O)N2CCC(c3cnc(-c4c(-c5nn(C6(C)CC6)c6ncnc(N)c56)noc4C4CC4)nc3)CC2)CC1)N1CCN(c2c(F)cc(NC3CCC(=O)NC3=O)cc2F)CC1. The molecule has 6 fully saturated rings. The zero-order valence-corrected chi connectivity index (χ0v) is 40.8. The van der Waals surface area contributed by atoms with E-state index < -0.39 is 29.7 Å². The minimum Gasteiger partial charge on any atom is -0.439 e. The molecule has 380 valence electrons. The van der Waals surface area contributed by atoms with Crippen molar-refractivity contribution < 1.29 is 37.2 Å². The van der Waals surface area contributed by atoms with Crippen molar-refractivity contribution in [1.29, 1.82) is 0 Å². The highest BCUT2D eigenvalue weighted by molar-refractivity contribution is 6.02. The molecule has 4 saturated heterocycles. The molecule has 5 aromatic rings. The van der Waals surface area contributed by atoms with Crippen molar-refractivity contribution in [2.24, 2.45) is 5.92 Å². The van der Waals surface area contributed by atoms with Gasteiger partial charge in [0, 0.05) is 88.3 Å². The number of aromatic nitrogens is 7. The summed E-state index contributed by atoms with van der Waals surface area (Å²) >= 11 is 0. The number of imide groups is 1. The van der Waals surface area contributed by atoms with Gasteiger partial charge in [-0.3, -0.25) is 24.6 Å². The maximum Gasteiger partial charge on any atom is 0.410 e. The standard InChI is InChI=1S/C50H60F2N14O6/c1-49(2,65-20-18-63(19-21-65)42-33(51)22-32(23-34(42)52)58-35-6-7-36(67)59-47(35)69)31-10-16-62(17-11-31)37(68)26-71-48(70)64-14-8-28(9-15-64)30-24-54-45(55-25-30)38-41(61-72-43(38)29-4-5-29)40-39-44(53)56-27-57-46(39)66(60-40)50(3)12-13-50/h22-25,27-29,31,35,58H,4-21,26H2,1-3H3,(H2,53,56,57)(H,59,67,69). The largest absolute Gasteiger partial charge is 0.439 e. The molecule has 1 aromatic carbocycles. The van der Waals surface area contributed by atoms with Crippen LogP contribution >= 0.6 is 0 Å². The van der Waals surface area contributed by atoms with Crippen LogP contribution in [0.15, 0.2) is 35.4 Å². The Hall–Kier alpha value is -6.84. The van der Waals surface area contributed by atoms with E-state index in [1.807, 2.05) is 17.1 Å². The molecule has 4 N–H and O–H groups in total. The van der Waals surface area contributed by atoms with Crippen LogP contribution in [0.25, 0.3) is 33.8 Å². The summed E-state index contributed by atoms with van der Waals surface area (Å²) in [4.78, 5) is 76.2. The van der Waals surface area contributed by atoms with Gasteiger partial charge in [-0.1, -0.05) is 5.16 Å². The van der Waals surface area contributed by atoms with Crippen LogP contribution in [0.2, 0.25) is 0 Å². The first-order valence-electron chi connectivity index (χ1n) is 25.3. The van der Waals surface area contributed by atoms with E-state index in [2.05, 4.69) is 51.4 Å². The third-order valence-corrected chi connectivity index (χ3v) is 16.2. The normalized spacial score (nSPS) is 21.3. The highest BCUT2D eigenvalue weighted by Gasteiger charge is 2.44. The number of hydrogen-bond acceptors (Lipinski definition) is 16. The lowest BCUT2D eigenvalue weighted by Gasteiger charge is -2.50. The fourth-order valence-electron chi connectivity index (χ4n) is 11.2. The van der Waals surface area contributed by atoms with Gasteiger partial charge < -0.3 is 35.0 Å². The van der Waals surface area contributed by atoms with Gasteiger partial charge in [0.25, 0.3) is 5.91 Å². The predicted molar refractivity (Wildman–Crippen MR) is 259 cm³/mol. The van der Waals surface area contributed by atoms with E-state index in [4.69, 9.17) is 30.1 Å². The fourth-order valence-corrected chi connectivity index (χ4v) is 11.2. The van der Waals surface area contributed by atoms with Crippen molar-refractivity contribution >= 4 is 52.0 Å². The van der Waals surface area contributed by atoms with Crippen LogP contribution < -0.4 is 21.3 Å². The topological polar surface area (TPSA) is 236 Å². The maximum atomic E-state index is 15.4. The summed E-state index contributed by atoms with van der Waals surface area (Å²) in [7, 11) is 0. The lowest BCUT2D eigenvalue weighted by Crippen LogP contribution is -2.59. The number of carbonyl (C=O) groups is 4. The molecular formula is C50H60F2N14O6. The number of amides is 4. The number of piperidine rings is 3. The second-order valence-corrected chi connectivity index (χ2v) is 21.1. The first-order valence-corrected chi connectivity index (χ1v) is 25.3. The predicted octanol–water partition coefficient (Wildman–Crippen LogP) is 5.56. The maximum absolute atomic E-state index is 15.4. The number of benzene rings is 1. The monoisotopic (exact) mass is 990 g/mol. The van der Waals surface area contributed by atoms with Crippen molar-refractivity contribution in [2.45, 2.75) is 114 Å². The molecule has 6 aliphatic rings. The first kappa shape index (κ1) is 47.5. The summed E-state index contributed by atoms with van der Waals surface area (Å²) in [6.45, 7) is 10.2. The van der Waals surface area contributed by atoms with E-state index in [1.165, 1.54) is 18.5 Å². The summed E-state index contributed by atoms with van der Waals surface area (Å²) in [5.74, 6) is -0.384. The van der Waals surface area contributed by atoms with Crippen molar-refractivity contribution in [3.63, 3.8) is 0 Å². The van der Waals surface area contributed by atoms with Crippen LogP contribution in [0, 0.1) is 17.6 Å². The van der Waals surface area contributed by atoms with E-state index in [0.717, 1.165) is 49.8 Å². The highest BCUT2D eigenvalue weighted by Crippen LogP contribution is 2.50. The fraction of sp³-hybridized carbons (Fsp3) is 0.560. The van der Waals surface area contributed by atoms with E-state index in [1.54, 1.807) is 14.7 Å². The molecule has 1 atom stereocenters. The number of hydrogen-bond donors (Lipinski definition) is 3. The third-order valence-electron chi connectivity index (χ3n) is 16.2. The number of fused-ring (bicyclic) bond motifs is 1. The molecular weight excluding hydrogens is 931 g/mol. The summed E-state index contributed by atoms with van der Waals surface area (Å²) in [5, 5.41) is 15.3. The van der Waals surface area contributed by atoms with Gasteiger partial charge in [0.05, 0.1) is 16.5 Å². The third kappa shape index (κ3) is 9.06. The summed E-state index contributed by atoms with van der Waals surface area (Å²) in [6.07, 6.45) is 11.9. The minimum absolute atomic E-state index is 0.0995. The Morgan fingerprint density at radius 1 is 0.875 bits per heavy atom. The smallest absolute Gasteiger partial charge is 0.410 e. The molecule has 22 heteroatoms. The highest BCUT2D eigenvalue weighted by atomic mass is 19.1. The van der Waals surface area contributed by atoms with Crippen LogP contribution in [-0.2, 0) is 24.7 Å². The number of halogens is 2. The van der Waals surface area contributed by atoms with Gasteiger partial charge in [0.2, 0.25) is 11.8 Å². The average Bonchev–Trinajstić information content (AvgIpc) is 4.29. The number of anilines is 3. The number of nitrogens with zero attached hydrogens (tertiary/aromatic N) is 11. The van der Waals surface area contributed by atoms with Gasteiger partial charge >= 0.3 is 6.09 Å². The summed E-state index contributed by atoms with van der Waals surface area (Å²) in [5.41, 5.74) is 9.49. The lowest BCUT2D eigenvalue weighted by atomic mass is 9.78. The molecule has 2 saturated carbocycles. The molecule has 0 spiro atoms. The van der Waals surface area contributed by atoms with E-state index in [-0.39, 0.29) is 71.5 Å². The Balaban J connectivity index is 0.640. The van der Waals surface area contributed by atoms with E-state index in [9.17, 15) is 19.2 Å². The van der Waals surface area contributed by atoms with Crippen molar-refractivity contribution in [1.82, 2.24) is 54.9 Å². The molecule has 11 rings (SSSR count). The van der Waals surface area contributed by atoms with Crippen molar-refractivity contribution in [3.8, 4) is 22.8 Å². The van der Waals surface area contributed by atoms with Gasteiger partial charge in [-0.05, 0) is 108 Å². The molecule has 4 aliphatic heterocycles. The van der Waals surface area contributed by atoms with Crippen molar-refractivity contribution in [2.75, 3.05) is 74.9 Å². The number of likely N-dealkylation sites (tertiary alicyclic amines) is 2. The second kappa shape index (κ2) is 18.6. The second-order valence-electron chi connectivity index (χ2n) is 21.1. The molecule has 4 amide bonds. The molecule has 0 bridgehead atoms. The van der Waals surface area contributed by atoms with Crippen LogP contribution in [0.1, 0.15) is 108 Å². The number of ether oxygens (including phenoxy) is 1. The molecule has 8 heterocycles. The number of piperazine rings is 1. The minimum atomic E-state index is -0.751. The van der Waals surface area contributed by atoms with Gasteiger partial charge in [0.15, 0.2) is 35.5 Å². The van der Waals surface area contributed by atoms with Gasteiger partial charge in [0.1, 0.15) is 35.3 Å². The molecule has 1 unspecified atom stereocenters. The van der Waals surface area contributed by atoms with Crippen molar-refractivity contribution in [3.05, 3.63) is 53.8 Å². The quantitative estimate of drug-likeness (QED) is 0.130. The number of carbonyl (C=O) groups excluding carboxylic acids is 4. The zero-order valence-electron chi connectivity index (χ0n) is 40.8. The Morgan fingerprint density at radius 2 is 1.56 bits per heavy atom. The van der Waals surface area contributed by atoms with Crippen LogP contribution in [-0.4, -0.2) is 144 Å². The Labute approximate surface area is 414 Å². The molecule has 72 heavy (non-hydrogen) atoms. The van der Waals surface area contributed by atoms with Gasteiger partial charge in [-0.15, -0.1) is 0 Å². The lowest BCUT2D eigenvalue weighted by molar-refractivity contribution is -0.137. The van der Waals surface area contributed by atoms with Gasteiger partial charge in [-0.25, -0.2) is 38.2 Å². The van der Waals surface area contributed by atoms with Gasteiger partial charge in [-0.2, -0.15) is 5.10 Å². The first-order chi connectivity index (χ1) is 34.6. The molecule has 2 aliphatic carbocycles. The zero-order chi connectivity index (χ0) is 50.1. The molecule has 20 nitrogen and oxygen atoms in total. The molecule has 4 aromatic heterocycles. The summed E-state index contributed by atoms with van der Waals surface area (Å²) in [6, 6.07) is 1.63. The number of nitrogen functional groups attached to an aromatic ring is 1. The van der Waals surface area contributed by atoms with Crippen LogP contribution in [0.3, 0.4) is 0 Å². The molecule has 0 radical (unpaired) electrons. The van der Waals surface area contributed by atoms with E-state index in [0.29, 0.717) is 105 Å². The van der Waals surface area contributed by atoms with Crippen LogP contribution in [0.4, 0.5) is 30.8 Å². The number of rotatable bonds is 12. The number of nitrogens with one attached hydrogen (secondary N) is 2. The van der Waals surface area contributed by atoms with E-state index >= 15 is 8.78 Å². The number of nitrogens with two attached hydrogens (primary N) is 1. The Bertz CT molecular complexity index is 2890. The Kier molecular flexibility index (Phi) is 12.3. The Morgan fingerprint density at radius 3 is 2.21 bits per heavy atom. The average molecular weight is 991 g/mol. The van der Waals surface area contributed by atoms with Crippen LogP contribution in [0.5, 0.6) is 0 Å².